The zero-order valence-electron chi connectivity index (χ0n) is 24.5. The third-order valence-corrected chi connectivity index (χ3v) is 5.89. The normalized spacial score (nSPS) is 9.90. The molecule has 0 fully saturated rings. The summed E-state index contributed by atoms with van der Waals surface area (Å²) in [6.45, 7) is 8.53. The van der Waals surface area contributed by atoms with Crippen LogP contribution in [-0.4, -0.2) is 33.1 Å². The number of ether oxygens (including phenoxy) is 3. The first kappa shape index (κ1) is 35.8. The van der Waals surface area contributed by atoms with Gasteiger partial charge in [-0.15, -0.1) is 0 Å². The highest BCUT2D eigenvalue weighted by molar-refractivity contribution is 5.94. The molecular formula is C33H43FN2O6. The maximum absolute atomic E-state index is 15.1. The first-order valence-electron chi connectivity index (χ1n) is 13.3. The van der Waals surface area contributed by atoms with E-state index in [1.165, 1.54) is 14.0 Å². The number of hydrogen-bond acceptors (Lipinski definition) is 7. The van der Waals surface area contributed by atoms with Crippen molar-refractivity contribution in [3.63, 3.8) is 0 Å². The molecule has 1 aromatic heterocycles. The summed E-state index contributed by atoms with van der Waals surface area (Å²) in [5.41, 5.74) is 9.41. The maximum atomic E-state index is 15.1. The third kappa shape index (κ3) is 9.71. The van der Waals surface area contributed by atoms with Crippen LogP contribution in [0.5, 0.6) is 5.75 Å². The van der Waals surface area contributed by atoms with Gasteiger partial charge >= 0.3 is 0 Å². The summed E-state index contributed by atoms with van der Waals surface area (Å²) in [5, 5.41) is 3.64. The number of carbonyl (C=O) groups excluding carboxylic acids is 2. The van der Waals surface area contributed by atoms with Crippen LogP contribution >= 0.6 is 0 Å². The summed E-state index contributed by atoms with van der Waals surface area (Å²) in [5.74, 6) is 0.950. The highest BCUT2D eigenvalue weighted by Gasteiger charge is 2.17. The number of amides is 1. The van der Waals surface area contributed by atoms with E-state index in [-0.39, 0.29) is 25.8 Å². The molecule has 3 aromatic carbocycles. The van der Waals surface area contributed by atoms with Gasteiger partial charge in [0.1, 0.15) is 36.1 Å². The minimum absolute atomic E-state index is 0. The Morgan fingerprint density at radius 3 is 2.38 bits per heavy atom. The van der Waals surface area contributed by atoms with E-state index in [9.17, 15) is 9.59 Å². The van der Waals surface area contributed by atoms with Crippen molar-refractivity contribution in [2.75, 3.05) is 26.1 Å². The lowest BCUT2D eigenvalue weighted by molar-refractivity contribution is -0.128. The van der Waals surface area contributed by atoms with Crippen molar-refractivity contribution >= 4 is 29.0 Å². The molecule has 0 radical (unpaired) electrons. The molecule has 0 aliphatic heterocycles. The minimum Gasteiger partial charge on any atom is -0.489 e. The number of fused-ring (bicyclic) bond motifs is 1. The molecule has 0 unspecified atom stereocenters. The Bertz CT molecular complexity index is 1430. The summed E-state index contributed by atoms with van der Waals surface area (Å²) >= 11 is 0. The lowest BCUT2D eigenvalue weighted by Gasteiger charge is -2.14. The Morgan fingerprint density at radius 1 is 1.05 bits per heavy atom. The van der Waals surface area contributed by atoms with Crippen molar-refractivity contribution in [1.82, 2.24) is 0 Å². The topological polar surface area (TPSA) is 113 Å². The fourth-order valence-electron chi connectivity index (χ4n) is 4.11. The standard InChI is InChI=1S/C28H28FNO4.C3H6O2.CH5N.CH4/c1-5-20-9-10-22(30-18(3)31)14-26(20)33-15-19-11-21-13-23(16-32-4)34-28(21)25(12-19)24-8-6-7-17(2)27(24)29;1-2-5-3-4;1-2;/h6-14H,5,15-16H2,1-4H3,(H,30,31);3H,2H2,1H3;2H2,1H3;1H4. The molecule has 0 atom stereocenters. The van der Waals surface area contributed by atoms with E-state index >= 15 is 4.39 Å². The molecule has 0 spiro atoms. The molecule has 4 aromatic rings. The second kappa shape index (κ2) is 18.3. The van der Waals surface area contributed by atoms with Crippen LogP contribution in [-0.2, 0) is 38.7 Å². The molecule has 9 heteroatoms. The van der Waals surface area contributed by atoms with E-state index in [0.717, 1.165) is 22.9 Å². The number of hydrogen-bond donors (Lipinski definition) is 2. The highest BCUT2D eigenvalue weighted by atomic mass is 19.1. The van der Waals surface area contributed by atoms with Crippen molar-refractivity contribution in [2.24, 2.45) is 5.73 Å². The monoisotopic (exact) mass is 582 g/mol. The van der Waals surface area contributed by atoms with Crippen LogP contribution in [0, 0.1) is 12.7 Å². The summed E-state index contributed by atoms with van der Waals surface area (Å²) < 4.78 is 36.7. The smallest absolute Gasteiger partial charge is 0.293 e. The average Bonchev–Trinajstić information content (AvgIpc) is 3.37. The Kier molecular flexibility index (Phi) is 15.6. The predicted molar refractivity (Wildman–Crippen MR) is 166 cm³/mol. The fourth-order valence-corrected chi connectivity index (χ4v) is 4.11. The lowest BCUT2D eigenvalue weighted by atomic mass is 9.98. The van der Waals surface area contributed by atoms with Gasteiger partial charge in [0, 0.05) is 42.3 Å². The van der Waals surface area contributed by atoms with Gasteiger partial charge in [0.15, 0.2) is 0 Å². The molecule has 4 rings (SSSR count). The van der Waals surface area contributed by atoms with Crippen LogP contribution in [0.1, 0.15) is 50.6 Å². The summed E-state index contributed by atoms with van der Waals surface area (Å²) in [4.78, 5) is 20.6. The van der Waals surface area contributed by atoms with Crippen LogP contribution in [0.4, 0.5) is 10.1 Å². The van der Waals surface area contributed by atoms with Crippen LogP contribution in [0.15, 0.2) is 59.0 Å². The lowest BCUT2D eigenvalue weighted by Crippen LogP contribution is -2.06. The molecule has 1 heterocycles. The quantitative estimate of drug-likeness (QED) is 0.190. The number of aryl methyl sites for hydroxylation is 2. The maximum Gasteiger partial charge on any atom is 0.293 e. The van der Waals surface area contributed by atoms with E-state index in [4.69, 9.17) is 13.9 Å². The van der Waals surface area contributed by atoms with E-state index in [1.54, 1.807) is 33.1 Å². The highest BCUT2D eigenvalue weighted by Crippen LogP contribution is 2.35. The third-order valence-electron chi connectivity index (χ3n) is 5.89. The van der Waals surface area contributed by atoms with E-state index in [0.29, 0.717) is 59.2 Å². The zero-order valence-corrected chi connectivity index (χ0v) is 24.5. The van der Waals surface area contributed by atoms with Gasteiger partial charge in [0.2, 0.25) is 5.91 Å². The van der Waals surface area contributed by atoms with Gasteiger partial charge in [0.05, 0.1) is 6.61 Å². The van der Waals surface area contributed by atoms with E-state index in [1.807, 2.05) is 49.4 Å². The van der Waals surface area contributed by atoms with Gasteiger partial charge in [-0.2, -0.15) is 0 Å². The Morgan fingerprint density at radius 2 is 1.79 bits per heavy atom. The largest absolute Gasteiger partial charge is 0.489 e. The van der Waals surface area contributed by atoms with Crippen molar-refractivity contribution in [1.29, 1.82) is 0 Å². The Labute approximate surface area is 248 Å². The number of carbonyl (C=O) groups is 2. The van der Waals surface area contributed by atoms with Crippen LogP contribution in [0.2, 0.25) is 0 Å². The van der Waals surface area contributed by atoms with Gasteiger partial charge in [-0.3, -0.25) is 9.59 Å². The average molecular weight is 583 g/mol. The second-order valence-electron chi connectivity index (χ2n) is 8.84. The first-order valence-corrected chi connectivity index (χ1v) is 13.3. The fraction of sp³-hybridized carbons (Fsp3) is 0.333. The van der Waals surface area contributed by atoms with Gasteiger partial charge in [-0.05, 0) is 68.3 Å². The van der Waals surface area contributed by atoms with E-state index < -0.39 is 0 Å². The van der Waals surface area contributed by atoms with Gasteiger partial charge in [-0.25, -0.2) is 4.39 Å². The SMILES string of the molecule is C.CCOC=O.CCc1ccc(NC(C)=O)cc1OCc1cc(-c2cccc(C)c2F)c2oc(COC)cc2c1.CN. The molecule has 0 aliphatic rings. The van der Waals surface area contributed by atoms with Crippen molar-refractivity contribution in [3.8, 4) is 16.9 Å². The molecule has 0 saturated carbocycles. The molecule has 1 amide bonds. The second-order valence-corrected chi connectivity index (χ2v) is 8.84. The number of nitrogens with one attached hydrogen (secondary N) is 1. The van der Waals surface area contributed by atoms with Crippen LogP contribution < -0.4 is 15.8 Å². The Hall–Kier alpha value is -4.21. The Balaban J connectivity index is 0.000000999. The number of halogens is 1. The van der Waals surface area contributed by atoms with Crippen LogP contribution in [0.25, 0.3) is 22.1 Å². The molecular weight excluding hydrogens is 539 g/mol. The number of anilines is 1. The summed E-state index contributed by atoms with van der Waals surface area (Å²) in [6.07, 6.45) is 0.788. The molecule has 0 bridgehead atoms. The number of methoxy groups -OCH3 is 1. The zero-order chi connectivity index (χ0) is 30.4. The van der Waals surface area contributed by atoms with Crippen molar-refractivity contribution in [2.45, 2.75) is 54.8 Å². The first-order chi connectivity index (χ1) is 19.8. The van der Waals surface area contributed by atoms with Crippen molar-refractivity contribution < 1.29 is 32.6 Å². The van der Waals surface area contributed by atoms with Crippen molar-refractivity contribution in [3.05, 3.63) is 82.9 Å². The van der Waals surface area contributed by atoms with E-state index in [2.05, 4.69) is 15.8 Å². The molecule has 8 nitrogen and oxygen atoms in total. The molecule has 0 saturated heterocycles. The number of nitrogens with two attached hydrogens (primary N) is 1. The van der Waals surface area contributed by atoms with Crippen LogP contribution in [0.3, 0.4) is 0 Å². The molecule has 228 valence electrons. The minimum atomic E-state index is -0.275. The number of furan rings is 1. The number of rotatable bonds is 10. The number of benzene rings is 3. The summed E-state index contributed by atoms with van der Waals surface area (Å²) in [6, 6.07) is 16.8. The van der Waals surface area contributed by atoms with Gasteiger partial charge < -0.3 is 29.7 Å². The predicted octanol–water partition coefficient (Wildman–Crippen LogP) is 7.18. The summed E-state index contributed by atoms with van der Waals surface area (Å²) in [7, 11) is 3.11. The molecule has 0 aliphatic carbocycles. The molecule has 42 heavy (non-hydrogen) atoms. The van der Waals surface area contributed by atoms with Gasteiger partial charge in [0.25, 0.3) is 6.47 Å². The molecule has 3 N–H and O–H groups in total. The van der Waals surface area contributed by atoms with Gasteiger partial charge in [-0.1, -0.05) is 38.6 Å².